The van der Waals surface area contributed by atoms with Crippen LogP contribution in [0, 0.1) is 17.8 Å². The minimum Gasteiger partial charge on any atom is -0.480 e. The van der Waals surface area contributed by atoms with Gasteiger partial charge in [0.25, 0.3) is 0 Å². The second-order valence-electron chi connectivity index (χ2n) is 9.01. The van der Waals surface area contributed by atoms with Crippen molar-refractivity contribution in [2.45, 2.75) is 85.0 Å². The van der Waals surface area contributed by atoms with Crippen molar-refractivity contribution < 1.29 is 24.3 Å². The number of nitrogens with one attached hydrogen (secondary N) is 3. The number of aliphatic carboxylic acids is 1. The summed E-state index contributed by atoms with van der Waals surface area (Å²) >= 11 is 1.49. The van der Waals surface area contributed by atoms with Crippen molar-refractivity contribution in [2.75, 3.05) is 12.0 Å². The van der Waals surface area contributed by atoms with E-state index >= 15 is 0 Å². The van der Waals surface area contributed by atoms with E-state index in [0.717, 1.165) is 0 Å². The normalized spacial score (nSPS) is 16.1. The molecule has 5 atom stereocenters. The van der Waals surface area contributed by atoms with E-state index in [1.54, 1.807) is 0 Å². The number of nitrogens with two attached hydrogens (primary N) is 1. The van der Waals surface area contributed by atoms with Gasteiger partial charge in [0.05, 0.1) is 6.04 Å². The number of carbonyl (C=O) groups is 4. The first-order chi connectivity index (χ1) is 14.8. The lowest BCUT2D eigenvalue weighted by Gasteiger charge is -2.29. The maximum atomic E-state index is 13.1. The molecule has 0 aromatic heterocycles. The van der Waals surface area contributed by atoms with Crippen molar-refractivity contribution in [3.05, 3.63) is 0 Å². The van der Waals surface area contributed by atoms with Crippen molar-refractivity contribution in [1.29, 1.82) is 0 Å². The zero-order chi connectivity index (χ0) is 25.0. The summed E-state index contributed by atoms with van der Waals surface area (Å²) in [6.07, 6.45) is 3.10. The molecule has 0 rings (SSSR count). The van der Waals surface area contributed by atoms with Gasteiger partial charge < -0.3 is 26.8 Å². The van der Waals surface area contributed by atoms with Gasteiger partial charge in [-0.05, 0) is 42.6 Å². The predicted molar refractivity (Wildman–Crippen MR) is 128 cm³/mol. The van der Waals surface area contributed by atoms with E-state index in [1.807, 2.05) is 47.8 Å². The average molecular weight is 475 g/mol. The summed E-state index contributed by atoms with van der Waals surface area (Å²) in [6.45, 7) is 11.2. The van der Waals surface area contributed by atoms with Crippen molar-refractivity contribution in [3.63, 3.8) is 0 Å². The molecule has 10 heteroatoms. The molecule has 6 N–H and O–H groups in total. The van der Waals surface area contributed by atoms with Crippen LogP contribution in [0.3, 0.4) is 0 Å². The third kappa shape index (κ3) is 10.7. The third-order valence-electron chi connectivity index (χ3n) is 5.38. The largest absolute Gasteiger partial charge is 0.480 e. The molecule has 0 saturated heterocycles. The number of carbonyl (C=O) groups excluding carboxylic acids is 3. The highest BCUT2D eigenvalue weighted by atomic mass is 32.2. The monoisotopic (exact) mass is 474 g/mol. The number of carboxylic acid groups (broad SMARTS) is 1. The molecule has 0 radical (unpaired) electrons. The standard InChI is InChI=1S/C22H42N4O5S/c1-8-14(6)18(26-20(28)17(23)13(4)5)21(29)25-16(11-12(2)3)19(27)24-15(22(30)31)9-10-32-7/h12-18H,8-11,23H2,1-7H3,(H,24,27)(H,25,29)(H,26,28)(H,30,31). The zero-order valence-electron chi connectivity index (χ0n) is 20.4. The van der Waals surface area contributed by atoms with Crippen LogP contribution in [0.1, 0.15) is 60.8 Å². The predicted octanol–water partition coefficient (Wildman–Crippen LogP) is 1.35. The van der Waals surface area contributed by atoms with E-state index in [1.165, 1.54) is 11.8 Å². The summed E-state index contributed by atoms with van der Waals surface area (Å²) in [6, 6.07) is -3.56. The van der Waals surface area contributed by atoms with Gasteiger partial charge in [0.1, 0.15) is 18.1 Å². The fourth-order valence-electron chi connectivity index (χ4n) is 2.98. The van der Waals surface area contributed by atoms with Crippen molar-refractivity contribution in [2.24, 2.45) is 23.5 Å². The van der Waals surface area contributed by atoms with Crippen molar-refractivity contribution in [3.8, 4) is 0 Å². The van der Waals surface area contributed by atoms with E-state index in [4.69, 9.17) is 5.73 Å². The van der Waals surface area contributed by atoms with Crippen LogP contribution in [0.5, 0.6) is 0 Å². The van der Waals surface area contributed by atoms with E-state index in [-0.39, 0.29) is 24.2 Å². The Kier molecular flexibility index (Phi) is 14.2. The van der Waals surface area contributed by atoms with Crippen LogP contribution in [-0.4, -0.2) is 65.0 Å². The Balaban J connectivity index is 5.52. The first-order valence-corrected chi connectivity index (χ1v) is 12.6. The summed E-state index contributed by atoms with van der Waals surface area (Å²) in [7, 11) is 0. The highest BCUT2D eigenvalue weighted by Crippen LogP contribution is 2.12. The van der Waals surface area contributed by atoms with Gasteiger partial charge >= 0.3 is 5.97 Å². The molecule has 0 heterocycles. The van der Waals surface area contributed by atoms with Crippen LogP contribution < -0.4 is 21.7 Å². The van der Waals surface area contributed by atoms with E-state index in [2.05, 4.69) is 16.0 Å². The van der Waals surface area contributed by atoms with E-state index in [0.29, 0.717) is 18.6 Å². The first-order valence-electron chi connectivity index (χ1n) is 11.2. The third-order valence-corrected chi connectivity index (χ3v) is 6.02. The molecule has 0 aliphatic carbocycles. The van der Waals surface area contributed by atoms with Crippen LogP contribution in [0.2, 0.25) is 0 Å². The second kappa shape index (κ2) is 15.1. The summed E-state index contributed by atoms with van der Waals surface area (Å²) in [5, 5.41) is 17.4. The molecule has 5 unspecified atom stereocenters. The lowest BCUT2D eigenvalue weighted by molar-refractivity contribution is -0.142. The molecule has 0 aliphatic rings. The fraction of sp³-hybridized carbons (Fsp3) is 0.818. The molecule has 0 aromatic rings. The molecule has 0 aromatic carbocycles. The van der Waals surface area contributed by atoms with Gasteiger partial charge in [0.2, 0.25) is 17.7 Å². The summed E-state index contributed by atoms with van der Waals surface area (Å²) in [5.74, 6) is -2.20. The number of carboxylic acids is 1. The van der Waals surface area contributed by atoms with Gasteiger partial charge in [-0.3, -0.25) is 14.4 Å². The number of hydrogen-bond donors (Lipinski definition) is 5. The Morgan fingerprint density at radius 3 is 1.91 bits per heavy atom. The topological polar surface area (TPSA) is 151 Å². The van der Waals surface area contributed by atoms with Crippen LogP contribution >= 0.6 is 11.8 Å². The smallest absolute Gasteiger partial charge is 0.326 e. The Morgan fingerprint density at radius 2 is 1.47 bits per heavy atom. The van der Waals surface area contributed by atoms with Crippen LogP contribution in [0.4, 0.5) is 0 Å². The molecule has 0 fully saturated rings. The van der Waals surface area contributed by atoms with Crippen LogP contribution in [0.15, 0.2) is 0 Å². The highest BCUT2D eigenvalue weighted by Gasteiger charge is 2.33. The van der Waals surface area contributed by atoms with Crippen molar-refractivity contribution >= 4 is 35.5 Å². The van der Waals surface area contributed by atoms with Gasteiger partial charge in [0.15, 0.2) is 0 Å². The number of rotatable bonds is 15. The maximum Gasteiger partial charge on any atom is 0.326 e. The van der Waals surface area contributed by atoms with Gasteiger partial charge in [-0.15, -0.1) is 0 Å². The zero-order valence-corrected chi connectivity index (χ0v) is 21.3. The summed E-state index contributed by atoms with van der Waals surface area (Å²) in [4.78, 5) is 50.0. The van der Waals surface area contributed by atoms with Gasteiger partial charge in [-0.25, -0.2) is 4.79 Å². The molecule has 186 valence electrons. The van der Waals surface area contributed by atoms with Crippen LogP contribution in [0.25, 0.3) is 0 Å². The lowest BCUT2D eigenvalue weighted by Crippen LogP contribution is -2.59. The van der Waals surface area contributed by atoms with Gasteiger partial charge in [0, 0.05) is 0 Å². The van der Waals surface area contributed by atoms with Crippen LogP contribution in [-0.2, 0) is 19.2 Å². The number of thioether (sulfide) groups is 1. The SMILES string of the molecule is CCC(C)C(NC(=O)C(N)C(C)C)C(=O)NC(CC(C)C)C(=O)NC(CCSC)C(=O)O. The fourth-order valence-corrected chi connectivity index (χ4v) is 3.46. The second-order valence-corrected chi connectivity index (χ2v) is 10.00. The first kappa shape index (κ1) is 30.2. The minimum absolute atomic E-state index is 0.0755. The van der Waals surface area contributed by atoms with E-state index < -0.39 is 47.9 Å². The quantitative estimate of drug-likeness (QED) is 0.240. The lowest BCUT2D eigenvalue weighted by atomic mass is 9.95. The maximum absolute atomic E-state index is 13.1. The minimum atomic E-state index is -1.12. The Hall–Kier alpha value is -1.81. The highest BCUT2D eigenvalue weighted by molar-refractivity contribution is 7.98. The Bertz CT molecular complexity index is 629. The molecule has 0 aliphatic heterocycles. The Morgan fingerprint density at radius 1 is 0.906 bits per heavy atom. The Labute approximate surface area is 196 Å². The molecule has 0 bridgehead atoms. The summed E-state index contributed by atoms with van der Waals surface area (Å²) in [5.41, 5.74) is 5.92. The molecule has 0 saturated carbocycles. The molecule has 0 spiro atoms. The number of hydrogen-bond acceptors (Lipinski definition) is 6. The van der Waals surface area contributed by atoms with E-state index in [9.17, 15) is 24.3 Å². The molecule has 9 nitrogen and oxygen atoms in total. The molecule has 3 amide bonds. The molecule has 32 heavy (non-hydrogen) atoms. The van der Waals surface area contributed by atoms with Gasteiger partial charge in [-0.1, -0.05) is 48.0 Å². The molecular formula is C22H42N4O5S. The average Bonchev–Trinajstić information content (AvgIpc) is 2.71. The molecular weight excluding hydrogens is 432 g/mol. The number of amides is 3. The summed E-state index contributed by atoms with van der Waals surface area (Å²) < 4.78 is 0. The van der Waals surface area contributed by atoms with Gasteiger partial charge in [-0.2, -0.15) is 11.8 Å². The van der Waals surface area contributed by atoms with Crippen molar-refractivity contribution in [1.82, 2.24) is 16.0 Å².